The molecule has 0 bridgehead atoms. The molecule has 0 rings (SSSR count). The van der Waals surface area contributed by atoms with E-state index in [1.165, 1.54) is 0 Å². The van der Waals surface area contributed by atoms with Crippen molar-refractivity contribution in [2.75, 3.05) is 6.54 Å². The normalized spacial score (nSPS) is 12.2. The van der Waals surface area contributed by atoms with E-state index in [2.05, 4.69) is 10.0 Å². The van der Waals surface area contributed by atoms with Gasteiger partial charge in [-0.05, 0) is 12.5 Å². The third-order valence-electron chi connectivity index (χ3n) is 0.639. The quantitative estimate of drug-likeness (QED) is 0.246. The number of hydroxylamine groups is 1. The second kappa shape index (κ2) is 4.39. The zero-order valence-corrected chi connectivity index (χ0v) is 4.57. The van der Waals surface area contributed by atoms with Crippen LogP contribution in [-0.4, -0.2) is 17.8 Å². The van der Waals surface area contributed by atoms with E-state index in [0.717, 1.165) is 0 Å². The third-order valence-corrected chi connectivity index (χ3v) is 0.639. The van der Waals surface area contributed by atoms with Crippen LogP contribution >= 0.6 is 0 Å². The van der Waals surface area contributed by atoms with Gasteiger partial charge in [0, 0.05) is 17.5 Å². The van der Waals surface area contributed by atoms with Crippen molar-refractivity contribution < 1.29 is 5.21 Å². The van der Waals surface area contributed by atoms with Gasteiger partial charge in [-0.3, -0.25) is 0 Å². The molecular weight excluding hydrogens is 108 g/mol. The molecule has 0 aliphatic carbocycles. The summed E-state index contributed by atoms with van der Waals surface area (Å²) in [5.74, 6) is 0. The molecule has 5 heteroatoms. The monoisotopic (exact) mass is 116 g/mol. The van der Waals surface area contributed by atoms with E-state index in [9.17, 15) is 0 Å². The number of nitrogens with one attached hydrogen (secondary N) is 1. The van der Waals surface area contributed by atoms with Crippen molar-refractivity contribution in [3.05, 3.63) is 10.4 Å². The summed E-state index contributed by atoms with van der Waals surface area (Å²) in [6, 6.07) is -0.161. The van der Waals surface area contributed by atoms with Crippen LogP contribution in [0.5, 0.6) is 0 Å². The molecule has 8 heavy (non-hydrogen) atoms. The van der Waals surface area contributed by atoms with E-state index < -0.39 is 0 Å². The van der Waals surface area contributed by atoms with Crippen LogP contribution < -0.4 is 5.48 Å². The molecule has 0 aliphatic heterocycles. The van der Waals surface area contributed by atoms with E-state index in [0.29, 0.717) is 0 Å². The Balaban J connectivity index is 3.23. The highest BCUT2D eigenvalue weighted by Crippen LogP contribution is 1.79. The lowest BCUT2D eigenvalue weighted by molar-refractivity contribution is 0.136. The fourth-order valence-corrected chi connectivity index (χ4v) is 0.200. The Bertz CT molecular complexity index is 97.5. The minimum Gasteiger partial charge on any atom is -0.317 e. The Morgan fingerprint density at radius 3 is 3.00 bits per heavy atom. The highest BCUT2D eigenvalue weighted by molar-refractivity contribution is 4.57. The fraction of sp³-hybridized carbons (Fsp3) is 1.00. The van der Waals surface area contributed by atoms with Gasteiger partial charge >= 0.3 is 0 Å². The minimum atomic E-state index is -0.161. The predicted octanol–water partition coefficient (Wildman–Crippen LogP) is 0.664. The smallest absolute Gasteiger partial charge is 0.0432 e. The summed E-state index contributed by atoms with van der Waals surface area (Å²) in [5, 5.41) is 11.3. The van der Waals surface area contributed by atoms with E-state index in [1.54, 1.807) is 6.92 Å². The van der Waals surface area contributed by atoms with Crippen molar-refractivity contribution in [2.45, 2.75) is 13.0 Å². The lowest BCUT2D eigenvalue weighted by atomic mass is 10.4. The minimum absolute atomic E-state index is 0.161. The average molecular weight is 116 g/mol. The first-order valence-electron chi connectivity index (χ1n) is 2.21. The fourth-order valence-electron chi connectivity index (χ4n) is 0.200. The van der Waals surface area contributed by atoms with Gasteiger partial charge in [0.05, 0.1) is 0 Å². The molecule has 46 valence electrons. The van der Waals surface area contributed by atoms with Gasteiger partial charge in [0.25, 0.3) is 0 Å². The maximum atomic E-state index is 8.13. The molecule has 1 atom stereocenters. The van der Waals surface area contributed by atoms with E-state index in [1.807, 2.05) is 5.48 Å². The van der Waals surface area contributed by atoms with E-state index in [4.69, 9.17) is 10.7 Å². The SMILES string of the molecule is CC(CN=[N+]=[N-])NO. The molecule has 0 spiro atoms. The van der Waals surface area contributed by atoms with Crippen LogP contribution in [0.15, 0.2) is 5.11 Å². The molecule has 0 aromatic heterocycles. The predicted molar refractivity (Wildman–Crippen MR) is 28.4 cm³/mol. The Labute approximate surface area is 46.9 Å². The first-order valence-corrected chi connectivity index (χ1v) is 2.21. The summed E-state index contributed by atoms with van der Waals surface area (Å²) in [5.41, 5.74) is 9.69. The first-order chi connectivity index (χ1) is 3.81. The molecule has 0 saturated heterocycles. The number of nitrogens with zero attached hydrogens (tertiary/aromatic N) is 3. The maximum Gasteiger partial charge on any atom is 0.0432 e. The van der Waals surface area contributed by atoms with E-state index in [-0.39, 0.29) is 12.6 Å². The highest BCUT2D eigenvalue weighted by atomic mass is 16.5. The van der Waals surface area contributed by atoms with Gasteiger partial charge in [0.2, 0.25) is 0 Å². The summed E-state index contributed by atoms with van der Waals surface area (Å²) in [4.78, 5) is 2.50. The van der Waals surface area contributed by atoms with Crippen LogP contribution in [0.2, 0.25) is 0 Å². The molecular formula is C3H8N4O. The van der Waals surface area contributed by atoms with Crippen molar-refractivity contribution in [3.8, 4) is 0 Å². The van der Waals surface area contributed by atoms with Gasteiger partial charge in [0.15, 0.2) is 0 Å². The largest absolute Gasteiger partial charge is 0.317 e. The lowest BCUT2D eigenvalue weighted by Crippen LogP contribution is -2.24. The first kappa shape index (κ1) is 7.23. The standard InChI is InChI=1S/C3H8N4O/c1-3(6-8)2-5-7-4/h3,6,8H,2H2,1H3. The second-order valence-corrected chi connectivity index (χ2v) is 1.44. The Kier molecular flexibility index (Phi) is 3.97. The molecule has 0 aliphatic rings. The molecule has 0 fully saturated rings. The van der Waals surface area contributed by atoms with Crippen LogP contribution in [0.25, 0.3) is 10.4 Å². The van der Waals surface area contributed by atoms with Gasteiger partial charge < -0.3 is 5.21 Å². The molecule has 0 saturated carbocycles. The van der Waals surface area contributed by atoms with E-state index >= 15 is 0 Å². The molecule has 2 N–H and O–H groups in total. The van der Waals surface area contributed by atoms with Crippen LogP contribution in [0.1, 0.15) is 6.92 Å². The van der Waals surface area contributed by atoms with Gasteiger partial charge in [-0.2, -0.15) is 0 Å². The maximum absolute atomic E-state index is 8.13. The summed E-state index contributed by atoms with van der Waals surface area (Å²) >= 11 is 0. The van der Waals surface area contributed by atoms with Crippen molar-refractivity contribution >= 4 is 0 Å². The number of azide groups is 1. The molecule has 0 radical (unpaired) electrons. The molecule has 0 heterocycles. The Morgan fingerprint density at radius 1 is 2.00 bits per heavy atom. The van der Waals surface area contributed by atoms with Crippen molar-refractivity contribution in [1.82, 2.24) is 5.48 Å². The highest BCUT2D eigenvalue weighted by Gasteiger charge is 1.92. The van der Waals surface area contributed by atoms with Crippen LogP contribution in [0, 0.1) is 0 Å². The summed E-state index contributed by atoms with van der Waals surface area (Å²) in [7, 11) is 0. The zero-order chi connectivity index (χ0) is 6.41. The summed E-state index contributed by atoms with van der Waals surface area (Å²) < 4.78 is 0. The molecule has 0 amide bonds. The van der Waals surface area contributed by atoms with Crippen LogP contribution in [0.4, 0.5) is 0 Å². The van der Waals surface area contributed by atoms with Gasteiger partial charge in [-0.15, -0.1) is 0 Å². The lowest BCUT2D eigenvalue weighted by Gasteiger charge is -2.00. The Hall–Kier alpha value is -0.770. The van der Waals surface area contributed by atoms with Crippen LogP contribution in [0.3, 0.4) is 0 Å². The van der Waals surface area contributed by atoms with Crippen molar-refractivity contribution in [2.24, 2.45) is 5.11 Å². The molecule has 0 aromatic rings. The average Bonchev–Trinajstić information content (AvgIpc) is 1.83. The summed E-state index contributed by atoms with van der Waals surface area (Å²) in [6.07, 6.45) is 0. The number of hydrogen-bond donors (Lipinski definition) is 2. The number of rotatable bonds is 3. The number of hydrogen-bond acceptors (Lipinski definition) is 3. The van der Waals surface area contributed by atoms with Crippen LogP contribution in [-0.2, 0) is 0 Å². The second-order valence-electron chi connectivity index (χ2n) is 1.44. The molecule has 0 aromatic carbocycles. The van der Waals surface area contributed by atoms with Crippen molar-refractivity contribution in [1.29, 1.82) is 0 Å². The van der Waals surface area contributed by atoms with Crippen molar-refractivity contribution in [3.63, 3.8) is 0 Å². The third kappa shape index (κ3) is 3.42. The topological polar surface area (TPSA) is 81.0 Å². The summed E-state index contributed by atoms with van der Waals surface area (Å²) in [6.45, 7) is 1.97. The van der Waals surface area contributed by atoms with Gasteiger partial charge in [-0.25, -0.2) is 5.48 Å². The Morgan fingerprint density at radius 2 is 2.62 bits per heavy atom. The van der Waals surface area contributed by atoms with Gasteiger partial charge in [0.1, 0.15) is 0 Å². The molecule has 5 nitrogen and oxygen atoms in total. The zero-order valence-electron chi connectivity index (χ0n) is 4.57. The van der Waals surface area contributed by atoms with Gasteiger partial charge in [-0.1, -0.05) is 5.11 Å². The molecule has 1 unspecified atom stereocenters.